The molecule has 0 bridgehead atoms. The van der Waals surface area contributed by atoms with Crippen LogP contribution < -0.4 is 9.47 Å². The molecule has 2 aromatic carbocycles. The Labute approximate surface area is 218 Å². The van der Waals surface area contributed by atoms with Gasteiger partial charge in [0.15, 0.2) is 0 Å². The summed E-state index contributed by atoms with van der Waals surface area (Å²) in [5, 5.41) is 12.7. The van der Waals surface area contributed by atoms with Gasteiger partial charge in [-0.05, 0) is 67.1 Å². The summed E-state index contributed by atoms with van der Waals surface area (Å²) in [4.78, 5) is 18.8. The maximum Gasteiger partial charge on any atom is 0.237 e. The minimum Gasteiger partial charge on any atom is -0.491 e. The molecule has 0 saturated heterocycles. The van der Waals surface area contributed by atoms with Crippen LogP contribution in [0, 0.1) is 13.8 Å². The van der Waals surface area contributed by atoms with Gasteiger partial charge in [0.25, 0.3) is 0 Å². The van der Waals surface area contributed by atoms with E-state index in [4.69, 9.17) is 9.47 Å². The maximum absolute atomic E-state index is 13.5. The minimum absolute atomic E-state index is 0.0547. The number of thiophene rings is 1. The molecule has 0 fully saturated rings. The summed E-state index contributed by atoms with van der Waals surface area (Å²) in [7, 11) is 0. The number of aliphatic hydroxyl groups is 1. The number of carbonyl (C=O) groups excluding carboxylic acids is 1. The quantitative estimate of drug-likeness (QED) is 0.409. The third-order valence-electron chi connectivity index (χ3n) is 6.71. The largest absolute Gasteiger partial charge is 0.491 e. The van der Waals surface area contributed by atoms with Crippen molar-refractivity contribution in [3.8, 4) is 11.5 Å². The lowest BCUT2D eigenvalue weighted by Crippen LogP contribution is -2.48. The van der Waals surface area contributed by atoms with Gasteiger partial charge in [0.2, 0.25) is 5.91 Å². The number of nitrogens with zero attached hydrogens (tertiary/aromatic N) is 2. The first-order valence-electron chi connectivity index (χ1n) is 12.6. The number of aliphatic hydroxyl groups excluding tert-OH is 1. The Morgan fingerprint density at radius 3 is 2.42 bits per heavy atom. The number of benzene rings is 2. The van der Waals surface area contributed by atoms with Gasteiger partial charge in [-0.25, -0.2) is 0 Å². The summed E-state index contributed by atoms with van der Waals surface area (Å²) >= 11 is 1.75. The van der Waals surface area contributed by atoms with Gasteiger partial charge in [-0.1, -0.05) is 43.3 Å². The Hall–Kier alpha value is -2.87. The van der Waals surface area contributed by atoms with E-state index in [1.807, 2.05) is 79.1 Å². The molecule has 0 aliphatic carbocycles. The van der Waals surface area contributed by atoms with Crippen LogP contribution in [-0.2, 0) is 11.2 Å². The Bertz CT molecular complexity index is 1150. The summed E-state index contributed by atoms with van der Waals surface area (Å²) in [6.45, 7) is 8.57. The smallest absolute Gasteiger partial charge is 0.237 e. The molecule has 192 valence electrons. The molecule has 0 spiro atoms. The zero-order chi connectivity index (χ0) is 25.5. The topological polar surface area (TPSA) is 62.2 Å². The molecule has 1 amide bonds. The Kier molecular flexibility index (Phi) is 9.02. The summed E-state index contributed by atoms with van der Waals surface area (Å²) in [6.07, 6.45) is 0.167. The lowest BCUT2D eigenvalue weighted by Gasteiger charge is -2.37. The number of likely N-dealkylation sites (N-methyl/N-ethyl adjacent to an activating group) is 1. The number of ether oxygens (including phenoxy) is 2. The highest BCUT2D eigenvalue weighted by Crippen LogP contribution is 2.34. The van der Waals surface area contributed by atoms with E-state index in [2.05, 4.69) is 11.4 Å². The van der Waals surface area contributed by atoms with Crippen molar-refractivity contribution in [2.75, 3.05) is 39.4 Å². The van der Waals surface area contributed by atoms with Gasteiger partial charge >= 0.3 is 0 Å². The van der Waals surface area contributed by atoms with E-state index in [0.717, 1.165) is 29.0 Å². The van der Waals surface area contributed by atoms with E-state index >= 15 is 0 Å². The molecule has 1 N–H and O–H groups in total. The third-order valence-corrected chi connectivity index (χ3v) is 7.70. The van der Waals surface area contributed by atoms with E-state index in [0.29, 0.717) is 26.2 Å². The number of fused-ring (bicyclic) bond motifs is 1. The van der Waals surface area contributed by atoms with Crippen molar-refractivity contribution < 1.29 is 19.4 Å². The number of hydrogen-bond donors (Lipinski definition) is 1. The first-order valence-corrected chi connectivity index (χ1v) is 13.5. The van der Waals surface area contributed by atoms with E-state index in [-0.39, 0.29) is 25.1 Å². The van der Waals surface area contributed by atoms with Crippen LogP contribution in [0.2, 0.25) is 0 Å². The molecule has 2 atom stereocenters. The van der Waals surface area contributed by atoms with Gasteiger partial charge in [-0.3, -0.25) is 9.69 Å². The van der Waals surface area contributed by atoms with Crippen LogP contribution in [0.1, 0.15) is 34.5 Å². The average Bonchev–Trinajstić information content (AvgIpc) is 3.36. The van der Waals surface area contributed by atoms with Gasteiger partial charge in [0.05, 0.1) is 12.6 Å². The van der Waals surface area contributed by atoms with Gasteiger partial charge in [-0.2, -0.15) is 0 Å². The number of rotatable bonds is 11. The molecule has 1 aliphatic rings. The van der Waals surface area contributed by atoms with Crippen LogP contribution >= 0.6 is 11.3 Å². The first kappa shape index (κ1) is 26.2. The van der Waals surface area contributed by atoms with Gasteiger partial charge in [0, 0.05) is 18.0 Å². The lowest BCUT2D eigenvalue weighted by molar-refractivity contribution is -0.136. The number of aryl methyl sites for hydroxylation is 2. The van der Waals surface area contributed by atoms with E-state index < -0.39 is 6.10 Å². The van der Waals surface area contributed by atoms with Crippen LogP contribution in [0.15, 0.2) is 60.0 Å². The highest BCUT2D eigenvalue weighted by molar-refractivity contribution is 7.10. The third kappa shape index (κ3) is 6.46. The second-order valence-electron chi connectivity index (χ2n) is 9.29. The first-order chi connectivity index (χ1) is 17.5. The predicted molar refractivity (Wildman–Crippen MR) is 144 cm³/mol. The Morgan fingerprint density at radius 1 is 1.08 bits per heavy atom. The van der Waals surface area contributed by atoms with Crippen molar-refractivity contribution in [2.24, 2.45) is 0 Å². The van der Waals surface area contributed by atoms with Crippen LogP contribution in [0.3, 0.4) is 0 Å². The van der Waals surface area contributed by atoms with Crippen molar-refractivity contribution in [1.29, 1.82) is 0 Å². The number of hydrogen-bond acceptors (Lipinski definition) is 6. The maximum atomic E-state index is 13.5. The van der Waals surface area contributed by atoms with E-state index in [1.165, 1.54) is 10.4 Å². The molecule has 36 heavy (non-hydrogen) atoms. The fourth-order valence-corrected chi connectivity index (χ4v) is 5.53. The summed E-state index contributed by atoms with van der Waals surface area (Å²) in [6, 6.07) is 17.7. The van der Waals surface area contributed by atoms with Gasteiger partial charge in [0.1, 0.15) is 30.8 Å². The summed E-state index contributed by atoms with van der Waals surface area (Å²) in [5.74, 6) is 1.67. The molecule has 4 rings (SSSR count). The van der Waals surface area contributed by atoms with Gasteiger partial charge < -0.3 is 19.5 Å². The van der Waals surface area contributed by atoms with Crippen molar-refractivity contribution in [1.82, 2.24) is 9.80 Å². The average molecular weight is 509 g/mol. The zero-order valence-corrected chi connectivity index (χ0v) is 22.2. The van der Waals surface area contributed by atoms with Crippen LogP contribution in [-0.4, -0.2) is 66.3 Å². The number of carbonyl (C=O) groups is 1. The molecule has 6 nitrogen and oxygen atoms in total. The number of amides is 1. The second kappa shape index (κ2) is 12.4. The molecule has 0 radical (unpaired) electrons. The van der Waals surface area contributed by atoms with Gasteiger partial charge in [-0.15, -0.1) is 11.3 Å². The molecule has 0 unspecified atom stereocenters. The summed E-state index contributed by atoms with van der Waals surface area (Å²) in [5.41, 5.74) is 3.29. The Morgan fingerprint density at radius 2 is 1.75 bits per heavy atom. The SMILES string of the molecule is CCN(CC(=O)N1CCc2sccc2[C@@H]1COc1ccccc1C)C[C@H](O)COc1ccccc1C. The number of para-hydroxylation sites is 2. The van der Waals surface area contributed by atoms with Crippen molar-refractivity contribution >= 4 is 17.2 Å². The van der Waals surface area contributed by atoms with Crippen LogP contribution in [0.25, 0.3) is 0 Å². The molecule has 1 aromatic heterocycles. The Balaban J connectivity index is 1.37. The molecule has 7 heteroatoms. The van der Waals surface area contributed by atoms with Crippen molar-refractivity contribution in [3.05, 3.63) is 81.5 Å². The van der Waals surface area contributed by atoms with Crippen LogP contribution in [0.5, 0.6) is 11.5 Å². The molecular formula is C29H36N2O4S. The fourth-order valence-electron chi connectivity index (χ4n) is 4.60. The predicted octanol–water partition coefficient (Wildman–Crippen LogP) is 4.63. The monoisotopic (exact) mass is 508 g/mol. The highest BCUT2D eigenvalue weighted by Gasteiger charge is 2.33. The molecule has 1 aliphatic heterocycles. The van der Waals surface area contributed by atoms with E-state index in [9.17, 15) is 9.90 Å². The molecule has 0 saturated carbocycles. The fraction of sp³-hybridized carbons (Fsp3) is 0.414. The highest BCUT2D eigenvalue weighted by atomic mass is 32.1. The molecule has 3 aromatic rings. The molecular weight excluding hydrogens is 472 g/mol. The van der Waals surface area contributed by atoms with E-state index in [1.54, 1.807) is 11.3 Å². The second-order valence-corrected chi connectivity index (χ2v) is 10.3. The zero-order valence-electron chi connectivity index (χ0n) is 21.4. The normalized spacial score (nSPS) is 16.0. The van der Waals surface area contributed by atoms with Crippen molar-refractivity contribution in [3.63, 3.8) is 0 Å². The lowest BCUT2D eigenvalue weighted by atomic mass is 10.0. The van der Waals surface area contributed by atoms with Crippen molar-refractivity contribution in [2.45, 2.75) is 39.3 Å². The van der Waals surface area contributed by atoms with Crippen LogP contribution in [0.4, 0.5) is 0 Å². The molecule has 2 heterocycles. The minimum atomic E-state index is -0.692. The summed E-state index contributed by atoms with van der Waals surface area (Å²) < 4.78 is 12.0. The standard InChI is InChI=1S/C29H36N2O4S/c1-4-30(17-23(32)19-34-26-11-7-5-9-21(26)2)18-29(33)31-15-13-28-24(14-16-36-28)25(31)20-35-27-12-8-6-10-22(27)3/h5-12,14,16,23,25,32H,4,13,15,17-20H2,1-3H3/t23-,25-/m0/s1.